The minimum absolute atomic E-state index is 0.230. The molecular formula is C14H15NO5. The van der Waals surface area contributed by atoms with Crippen LogP contribution in [0, 0.1) is 0 Å². The van der Waals surface area contributed by atoms with Crippen molar-refractivity contribution in [3.63, 3.8) is 0 Å². The van der Waals surface area contributed by atoms with Crippen molar-refractivity contribution < 1.29 is 24.2 Å². The van der Waals surface area contributed by atoms with E-state index in [2.05, 4.69) is 0 Å². The number of carbonyl (C=O) groups excluding carboxylic acids is 2. The average Bonchev–Trinajstić information content (AvgIpc) is 2.50. The van der Waals surface area contributed by atoms with E-state index in [1.54, 1.807) is 18.2 Å². The van der Waals surface area contributed by atoms with Crippen molar-refractivity contribution in [1.82, 2.24) is 0 Å². The largest absolute Gasteiger partial charge is 0.480 e. The van der Waals surface area contributed by atoms with Crippen molar-refractivity contribution in [2.45, 2.75) is 26.2 Å². The molecule has 1 aliphatic rings. The van der Waals surface area contributed by atoms with E-state index in [9.17, 15) is 14.4 Å². The fourth-order valence-electron chi connectivity index (χ4n) is 2.30. The molecular weight excluding hydrogens is 262 g/mol. The van der Waals surface area contributed by atoms with Gasteiger partial charge >= 0.3 is 11.9 Å². The molecule has 0 radical (unpaired) electrons. The number of carboxylic acid groups (broad SMARTS) is 1. The van der Waals surface area contributed by atoms with Gasteiger partial charge in [-0.2, -0.15) is 0 Å². The number of rotatable bonds is 3. The summed E-state index contributed by atoms with van der Waals surface area (Å²) in [5.41, 5.74) is 1.21. The van der Waals surface area contributed by atoms with Crippen LogP contribution in [0.3, 0.4) is 0 Å². The van der Waals surface area contributed by atoms with Crippen molar-refractivity contribution in [2.24, 2.45) is 0 Å². The lowest BCUT2D eigenvalue weighted by molar-refractivity contribution is -0.136. The number of carbonyl (C=O) groups is 3. The number of nitrogens with zero attached hydrogens (tertiary/aromatic N) is 1. The van der Waals surface area contributed by atoms with Crippen molar-refractivity contribution in [1.29, 1.82) is 0 Å². The lowest BCUT2D eigenvalue weighted by Gasteiger charge is -2.22. The Balaban J connectivity index is 2.47. The Kier molecular flexibility index (Phi) is 4.02. The van der Waals surface area contributed by atoms with Crippen LogP contribution in [0.5, 0.6) is 5.75 Å². The van der Waals surface area contributed by atoms with Crippen LogP contribution >= 0.6 is 0 Å². The van der Waals surface area contributed by atoms with Crippen LogP contribution in [0.25, 0.3) is 0 Å². The number of esters is 1. The van der Waals surface area contributed by atoms with Gasteiger partial charge in [0.15, 0.2) is 0 Å². The minimum Gasteiger partial charge on any atom is -0.480 e. The average molecular weight is 277 g/mol. The standard InChI is InChI=1S/C14H15NO5/c1-9(16)20-12-6-3-5-11-10(12)4-2-7-13(17)15(11)8-14(18)19/h3,5-6H,2,4,7-8H2,1H3,(H,18,19). The molecule has 1 N–H and O–H groups in total. The molecule has 6 heteroatoms. The fourth-order valence-corrected chi connectivity index (χ4v) is 2.30. The highest BCUT2D eigenvalue weighted by atomic mass is 16.5. The summed E-state index contributed by atoms with van der Waals surface area (Å²) in [4.78, 5) is 35.3. The number of hydrogen-bond donors (Lipinski definition) is 1. The van der Waals surface area contributed by atoms with E-state index < -0.39 is 18.5 Å². The summed E-state index contributed by atoms with van der Waals surface area (Å²) in [6.07, 6.45) is 1.45. The molecule has 2 rings (SSSR count). The van der Waals surface area contributed by atoms with E-state index in [1.807, 2.05) is 0 Å². The van der Waals surface area contributed by atoms with Gasteiger partial charge < -0.3 is 14.7 Å². The zero-order chi connectivity index (χ0) is 14.7. The number of benzene rings is 1. The normalized spacial score (nSPS) is 14.4. The monoisotopic (exact) mass is 277 g/mol. The van der Waals surface area contributed by atoms with Crippen LogP contribution in [0.4, 0.5) is 5.69 Å². The molecule has 0 bridgehead atoms. The summed E-state index contributed by atoms with van der Waals surface area (Å²) in [5, 5.41) is 8.94. The Morgan fingerprint density at radius 1 is 1.35 bits per heavy atom. The van der Waals surface area contributed by atoms with Crippen LogP contribution in [0.1, 0.15) is 25.3 Å². The number of aliphatic carboxylic acids is 1. The molecule has 0 saturated carbocycles. The van der Waals surface area contributed by atoms with Crippen molar-refractivity contribution in [2.75, 3.05) is 11.4 Å². The molecule has 0 saturated heterocycles. The molecule has 0 atom stereocenters. The van der Waals surface area contributed by atoms with Gasteiger partial charge in [-0.1, -0.05) is 6.07 Å². The minimum atomic E-state index is -1.08. The third-order valence-corrected chi connectivity index (χ3v) is 3.06. The zero-order valence-electron chi connectivity index (χ0n) is 11.1. The third kappa shape index (κ3) is 2.96. The Morgan fingerprint density at radius 3 is 2.75 bits per heavy atom. The second-order valence-electron chi connectivity index (χ2n) is 4.57. The van der Waals surface area contributed by atoms with Crippen LogP contribution in [0.2, 0.25) is 0 Å². The van der Waals surface area contributed by atoms with E-state index in [-0.39, 0.29) is 12.3 Å². The molecule has 6 nitrogen and oxygen atoms in total. The van der Waals surface area contributed by atoms with Crippen molar-refractivity contribution in [3.05, 3.63) is 23.8 Å². The summed E-state index contributed by atoms with van der Waals surface area (Å²) in [7, 11) is 0. The van der Waals surface area contributed by atoms with E-state index in [0.29, 0.717) is 29.8 Å². The van der Waals surface area contributed by atoms with E-state index in [1.165, 1.54) is 11.8 Å². The van der Waals surface area contributed by atoms with Gasteiger partial charge in [-0.25, -0.2) is 0 Å². The second-order valence-corrected chi connectivity index (χ2v) is 4.57. The molecule has 1 aromatic rings. The molecule has 1 amide bonds. The molecule has 1 aromatic carbocycles. The van der Waals surface area contributed by atoms with Gasteiger partial charge in [-0.05, 0) is 25.0 Å². The number of carboxylic acids is 1. The molecule has 106 valence electrons. The lowest BCUT2D eigenvalue weighted by atomic mass is 10.1. The molecule has 0 spiro atoms. The molecule has 0 aliphatic carbocycles. The second kappa shape index (κ2) is 5.73. The van der Waals surface area contributed by atoms with Crippen LogP contribution in [-0.2, 0) is 20.8 Å². The van der Waals surface area contributed by atoms with Crippen LogP contribution in [0.15, 0.2) is 18.2 Å². The number of fused-ring (bicyclic) bond motifs is 1. The quantitative estimate of drug-likeness (QED) is 0.666. The van der Waals surface area contributed by atoms with Gasteiger partial charge in [0, 0.05) is 18.9 Å². The van der Waals surface area contributed by atoms with Gasteiger partial charge in [0.1, 0.15) is 12.3 Å². The van der Waals surface area contributed by atoms with E-state index >= 15 is 0 Å². The Bertz CT molecular complexity index is 567. The Labute approximate surface area is 115 Å². The molecule has 20 heavy (non-hydrogen) atoms. The first-order valence-corrected chi connectivity index (χ1v) is 6.31. The summed E-state index contributed by atoms with van der Waals surface area (Å²) in [6.45, 7) is 0.908. The highest BCUT2D eigenvalue weighted by Gasteiger charge is 2.26. The maximum atomic E-state index is 12.0. The highest BCUT2D eigenvalue weighted by molar-refractivity contribution is 5.99. The summed E-state index contributed by atoms with van der Waals surface area (Å²) in [5.74, 6) is -1.37. The Morgan fingerprint density at radius 2 is 2.10 bits per heavy atom. The van der Waals surface area contributed by atoms with Crippen LogP contribution < -0.4 is 9.64 Å². The van der Waals surface area contributed by atoms with Crippen molar-refractivity contribution in [3.8, 4) is 5.75 Å². The maximum Gasteiger partial charge on any atom is 0.323 e. The van der Waals surface area contributed by atoms with Gasteiger partial charge in [0.25, 0.3) is 0 Å². The first-order valence-electron chi connectivity index (χ1n) is 6.31. The van der Waals surface area contributed by atoms with E-state index in [0.717, 1.165) is 0 Å². The van der Waals surface area contributed by atoms with Gasteiger partial charge in [-0.15, -0.1) is 0 Å². The first kappa shape index (κ1) is 14.0. The molecule has 0 unspecified atom stereocenters. The predicted molar refractivity (Wildman–Crippen MR) is 70.7 cm³/mol. The van der Waals surface area contributed by atoms with Gasteiger partial charge in [-0.3, -0.25) is 14.4 Å². The Hall–Kier alpha value is -2.37. The molecule has 0 fully saturated rings. The summed E-state index contributed by atoms with van der Waals surface area (Å²) >= 11 is 0. The summed E-state index contributed by atoms with van der Waals surface area (Å²) < 4.78 is 5.13. The number of anilines is 1. The molecule has 1 aliphatic heterocycles. The smallest absolute Gasteiger partial charge is 0.323 e. The van der Waals surface area contributed by atoms with Crippen LogP contribution in [-0.4, -0.2) is 29.5 Å². The molecule has 0 aromatic heterocycles. The zero-order valence-corrected chi connectivity index (χ0v) is 11.1. The molecule has 1 heterocycles. The topological polar surface area (TPSA) is 83.9 Å². The SMILES string of the molecule is CC(=O)Oc1cccc2c1CCCC(=O)N2CC(=O)O. The number of ether oxygens (including phenoxy) is 1. The summed E-state index contributed by atoms with van der Waals surface area (Å²) in [6, 6.07) is 4.97. The fraction of sp³-hybridized carbons (Fsp3) is 0.357. The third-order valence-electron chi connectivity index (χ3n) is 3.06. The predicted octanol–water partition coefficient (Wildman–Crippen LogP) is 1.37. The lowest BCUT2D eigenvalue weighted by Crippen LogP contribution is -2.35. The number of amides is 1. The van der Waals surface area contributed by atoms with Gasteiger partial charge in [0.2, 0.25) is 5.91 Å². The van der Waals surface area contributed by atoms with Crippen molar-refractivity contribution >= 4 is 23.5 Å². The highest BCUT2D eigenvalue weighted by Crippen LogP contribution is 2.34. The number of hydrogen-bond acceptors (Lipinski definition) is 4. The van der Waals surface area contributed by atoms with E-state index in [4.69, 9.17) is 9.84 Å². The maximum absolute atomic E-state index is 12.0. The first-order chi connectivity index (χ1) is 9.49. The van der Waals surface area contributed by atoms with Gasteiger partial charge in [0.05, 0.1) is 5.69 Å².